The van der Waals surface area contributed by atoms with Crippen LogP contribution in [0.1, 0.15) is 38.5 Å². The van der Waals surface area contributed by atoms with E-state index in [1.807, 2.05) is 0 Å². The average Bonchev–Trinajstić information content (AvgIpc) is 2.69. The number of benzene rings is 1. The first-order valence-corrected chi connectivity index (χ1v) is 11.1. The summed E-state index contributed by atoms with van der Waals surface area (Å²) in [5.74, 6) is -0.567. The van der Waals surface area contributed by atoms with Crippen molar-refractivity contribution in [3.8, 4) is 0 Å². The molecule has 1 aromatic carbocycles. The summed E-state index contributed by atoms with van der Waals surface area (Å²) in [5, 5.41) is 2.92. The molecule has 1 saturated carbocycles. The SMILES string of the molecule is Cn1c(=O)c(=O)n(C)c2cc(S(=O)(=O)CCC(=O)NC3CCCCC3)ccc21. The van der Waals surface area contributed by atoms with Crippen LogP contribution in [0.25, 0.3) is 11.0 Å². The van der Waals surface area contributed by atoms with Crippen LogP contribution in [0.4, 0.5) is 0 Å². The number of aromatic nitrogens is 2. The van der Waals surface area contributed by atoms with Crippen molar-refractivity contribution in [2.45, 2.75) is 49.5 Å². The fourth-order valence-electron chi connectivity index (χ4n) is 3.65. The van der Waals surface area contributed by atoms with Crippen LogP contribution in [0.15, 0.2) is 32.7 Å². The molecule has 2 aromatic rings. The van der Waals surface area contributed by atoms with Gasteiger partial charge in [-0.2, -0.15) is 0 Å². The zero-order valence-corrected chi connectivity index (χ0v) is 16.9. The number of amides is 1. The summed E-state index contributed by atoms with van der Waals surface area (Å²) in [4.78, 5) is 36.0. The predicted octanol–water partition coefficient (Wildman–Crippen LogP) is 0.850. The molecule has 1 aliphatic rings. The van der Waals surface area contributed by atoms with E-state index in [0.717, 1.165) is 30.3 Å². The fourth-order valence-corrected chi connectivity index (χ4v) is 4.90. The molecule has 9 heteroatoms. The monoisotopic (exact) mass is 407 g/mol. The highest BCUT2D eigenvalue weighted by molar-refractivity contribution is 7.91. The van der Waals surface area contributed by atoms with Gasteiger partial charge < -0.3 is 14.5 Å². The van der Waals surface area contributed by atoms with Crippen molar-refractivity contribution in [1.29, 1.82) is 0 Å². The van der Waals surface area contributed by atoms with Gasteiger partial charge in [-0.1, -0.05) is 19.3 Å². The molecule has 8 nitrogen and oxygen atoms in total. The minimum Gasteiger partial charge on any atom is -0.353 e. The Morgan fingerprint density at radius 2 is 1.64 bits per heavy atom. The minimum absolute atomic E-state index is 0.0270. The van der Waals surface area contributed by atoms with Crippen molar-refractivity contribution >= 4 is 26.8 Å². The molecule has 0 spiro atoms. The number of rotatable bonds is 5. The highest BCUT2D eigenvalue weighted by atomic mass is 32.2. The van der Waals surface area contributed by atoms with E-state index in [1.165, 1.54) is 43.3 Å². The van der Waals surface area contributed by atoms with Crippen LogP contribution >= 0.6 is 0 Å². The number of carbonyl (C=O) groups is 1. The minimum atomic E-state index is -3.70. The molecular formula is C19H25N3O5S. The Morgan fingerprint density at radius 3 is 2.29 bits per heavy atom. The van der Waals surface area contributed by atoms with Crippen LogP contribution in [-0.4, -0.2) is 35.3 Å². The Bertz CT molecular complexity index is 1120. The molecule has 1 fully saturated rings. The zero-order chi connectivity index (χ0) is 20.5. The molecule has 0 atom stereocenters. The van der Waals surface area contributed by atoms with Gasteiger partial charge in [0.1, 0.15) is 0 Å². The summed E-state index contributed by atoms with van der Waals surface area (Å²) < 4.78 is 27.7. The Balaban J connectivity index is 1.79. The van der Waals surface area contributed by atoms with E-state index in [9.17, 15) is 22.8 Å². The highest BCUT2D eigenvalue weighted by Gasteiger charge is 2.21. The van der Waals surface area contributed by atoms with Crippen molar-refractivity contribution in [2.24, 2.45) is 14.1 Å². The van der Waals surface area contributed by atoms with E-state index in [2.05, 4.69) is 5.32 Å². The second-order valence-electron chi connectivity index (χ2n) is 7.35. The largest absolute Gasteiger partial charge is 0.353 e. The third-order valence-electron chi connectivity index (χ3n) is 5.39. The Kier molecular flexibility index (Phi) is 5.74. The molecule has 0 bridgehead atoms. The molecule has 0 aliphatic heterocycles. The number of sulfone groups is 1. The van der Waals surface area contributed by atoms with E-state index >= 15 is 0 Å². The van der Waals surface area contributed by atoms with E-state index in [4.69, 9.17) is 0 Å². The average molecular weight is 407 g/mol. The molecule has 3 rings (SSSR count). The molecule has 1 amide bonds. The molecule has 1 heterocycles. The normalized spacial score (nSPS) is 15.6. The van der Waals surface area contributed by atoms with E-state index in [0.29, 0.717) is 11.0 Å². The van der Waals surface area contributed by atoms with Gasteiger partial charge in [-0.05, 0) is 31.0 Å². The topological polar surface area (TPSA) is 107 Å². The predicted molar refractivity (Wildman–Crippen MR) is 106 cm³/mol. The third-order valence-corrected chi connectivity index (χ3v) is 7.10. The van der Waals surface area contributed by atoms with Gasteiger partial charge in [-0.25, -0.2) is 8.42 Å². The molecule has 152 valence electrons. The number of nitrogens with zero attached hydrogens (tertiary/aromatic N) is 2. The molecule has 0 radical (unpaired) electrons. The van der Waals surface area contributed by atoms with Gasteiger partial charge >= 0.3 is 11.1 Å². The van der Waals surface area contributed by atoms with Crippen LogP contribution in [0, 0.1) is 0 Å². The lowest BCUT2D eigenvalue weighted by Gasteiger charge is -2.22. The summed E-state index contributed by atoms with van der Waals surface area (Å²) in [6.45, 7) is 0. The van der Waals surface area contributed by atoms with Crippen molar-refractivity contribution in [1.82, 2.24) is 14.5 Å². The maximum absolute atomic E-state index is 12.7. The van der Waals surface area contributed by atoms with Gasteiger partial charge in [0.05, 0.1) is 21.7 Å². The van der Waals surface area contributed by atoms with E-state index in [-0.39, 0.29) is 29.0 Å². The number of fused-ring (bicyclic) bond motifs is 1. The Hall–Kier alpha value is -2.42. The molecular weight excluding hydrogens is 382 g/mol. The number of nitrogens with one attached hydrogen (secondary N) is 1. The van der Waals surface area contributed by atoms with Gasteiger partial charge in [-0.3, -0.25) is 14.4 Å². The summed E-state index contributed by atoms with van der Waals surface area (Å²) in [6, 6.07) is 4.43. The fraction of sp³-hybridized carbons (Fsp3) is 0.526. The van der Waals surface area contributed by atoms with Gasteiger partial charge in [0.25, 0.3) is 0 Å². The van der Waals surface area contributed by atoms with Gasteiger partial charge in [0.2, 0.25) is 5.91 Å². The summed E-state index contributed by atoms with van der Waals surface area (Å²) in [7, 11) is -0.805. The molecule has 0 saturated heterocycles. The van der Waals surface area contributed by atoms with E-state index in [1.54, 1.807) is 0 Å². The smallest absolute Gasteiger partial charge is 0.316 e. The van der Waals surface area contributed by atoms with E-state index < -0.39 is 21.0 Å². The van der Waals surface area contributed by atoms with Crippen LogP contribution in [-0.2, 0) is 28.7 Å². The number of hydrogen-bond acceptors (Lipinski definition) is 5. The molecule has 0 unspecified atom stereocenters. The molecule has 28 heavy (non-hydrogen) atoms. The quantitative estimate of drug-likeness (QED) is 0.740. The van der Waals surface area contributed by atoms with Crippen molar-refractivity contribution < 1.29 is 13.2 Å². The van der Waals surface area contributed by atoms with Crippen LogP contribution in [0.3, 0.4) is 0 Å². The van der Waals surface area contributed by atoms with Crippen molar-refractivity contribution in [3.05, 3.63) is 38.9 Å². The molecule has 1 aromatic heterocycles. The highest BCUT2D eigenvalue weighted by Crippen LogP contribution is 2.19. The lowest BCUT2D eigenvalue weighted by molar-refractivity contribution is -0.121. The Labute approximate surface area is 163 Å². The first kappa shape index (κ1) is 20.3. The Morgan fingerprint density at radius 1 is 1.04 bits per heavy atom. The summed E-state index contributed by atoms with van der Waals surface area (Å²) in [6.07, 6.45) is 5.12. The second kappa shape index (κ2) is 7.90. The first-order valence-electron chi connectivity index (χ1n) is 9.42. The first-order chi connectivity index (χ1) is 13.2. The molecule has 1 aliphatic carbocycles. The number of carbonyl (C=O) groups excluding carboxylic acids is 1. The summed E-state index contributed by atoms with van der Waals surface area (Å²) in [5.41, 5.74) is -0.595. The van der Waals surface area contributed by atoms with Crippen LogP contribution < -0.4 is 16.4 Å². The lowest BCUT2D eigenvalue weighted by Crippen LogP contribution is -2.39. The second-order valence-corrected chi connectivity index (χ2v) is 9.46. The standard InChI is InChI=1S/C19H25N3O5S/c1-21-15-9-8-14(12-16(15)22(2)19(25)18(21)24)28(26,27)11-10-17(23)20-13-6-4-3-5-7-13/h8-9,12-13H,3-7,10-11H2,1-2H3,(H,20,23). The summed E-state index contributed by atoms with van der Waals surface area (Å²) >= 11 is 0. The number of aryl methyl sites for hydroxylation is 2. The lowest BCUT2D eigenvalue weighted by atomic mass is 9.95. The zero-order valence-electron chi connectivity index (χ0n) is 16.1. The van der Waals surface area contributed by atoms with Gasteiger partial charge in [0, 0.05) is 26.6 Å². The van der Waals surface area contributed by atoms with Gasteiger partial charge in [-0.15, -0.1) is 0 Å². The van der Waals surface area contributed by atoms with Crippen LogP contribution in [0.2, 0.25) is 0 Å². The maximum atomic E-state index is 12.7. The van der Waals surface area contributed by atoms with Gasteiger partial charge in [0.15, 0.2) is 9.84 Å². The van der Waals surface area contributed by atoms with Crippen molar-refractivity contribution in [3.63, 3.8) is 0 Å². The third kappa shape index (κ3) is 4.04. The number of hydrogen-bond donors (Lipinski definition) is 1. The maximum Gasteiger partial charge on any atom is 0.316 e. The van der Waals surface area contributed by atoms with Crippen LogP contribution in [0.5, 0.6) is 0 Å². The van der Waals surface area contributed by atoms with Crippen molar-refractivity contribution in [2.75, 3.05) is 5.75 Å². The molecule has 1 N–H and O–H groups in total.